The summed E-state index contributed by atoms with van der Waals surface area (Å²) < 4.78 is 0. The second kappa shape index (κ2) is 7.46. The van der Waals surface area contributed by atoms with Crippen molar-refractivity contribution in [3.63, 3.8) is 0 Å². The van der Waals surface area contributed by atoms with Crippen molar-refractivity contribution in [3.8, 4) is 0 Å². The lowest BCUT2D eigenvalue weighted by Crippen LogP contribution is -2.43. The Morgan fingerprint density at radius 1 is 1.33 bits per heavy atom. The fraction of sp³-hybridized carbons (Fsp3) is 0.588. The first-order chi connectivity index (χ1) is 10.2. The highest BCUT2D eigenvalue weighted by Gasteiger charge is 2.27. The van der Waals surface area contributed by atoms with Gasteiger partial charge in [0.25, 0.3) is 5.91 Å². The molecular formula is C17H26N2O2. The number of aliphatic hydroxyl groups is 1. The van der Waals surface area contributed by atoms with E-state index in [4.69, 9.17) is 0 Å². The van der Waals surface area contributed by atoms with Crippen LogP contribution in [-0.4, -0.2) is 42.2 Å². The topological polar surface area (TPSA) is 52.6 Å². The average molecular weight is 290 g/mol. The van der Waals surface area contributed by atoms with E-state index in [9.17, 15) is 9.90 Å². The van der Waals surface area contributed by atoms with Gasteiger partial charge in [-0.2, -0.15) is 0 Å². The van der Waals surface area contributed by atoms with Gasteiger partial charge in [-0.1, -0.05) is 25.3 Å². The first kappa shape index (κ1) is 15.8. The lowest BCUT2D eigenvalue weighted by Gasteiger charge is -2.34. The summed E-state index contributed by atoms with van der Waals surface area (Å²) in [6.07, 6.45) is 5.70. The van der Waals surface area contributed by atoms with Gasteiger partial charge in [0.2, 0.25) is 0 Å². The van der Waals surface area contributed by atoms with Crippen LogP contribution >= 0.6 is 0 Å². The van der Waals surface area contributed by atoms with E-state index >= 15 is 0 Å². The van der Waals surface area contributed by atoms with E-state index in [1.54, 1.807) is 0 Å². The smallest absolute Gasteiger partial charge is 0.256 e. The largest absolute Gasteiger partial charge is 0.395 e. The molecule has 0 aliphatic heterocycles. The normalized spacial score (nSPS) is 15.8. The summed E-state index contributed by atoms with van der Waals surface area (Å²) >= 11 is 0. The van der Waals surface area contributed by atoms with Crippen LogP contribution in [0.3, 0.4) is 0 Å². The third-order valence-electron chi connectivity index (χ3n) is 4.29. The molecule has 1 aliphatic rings. The predicted octanol–water partition coefficient (Wildman–Crippen LogP) is 2.80. The Morgan fingerprint density at radius 3 is 2.67 bits per heavy atom. The molecule has 0 spiro atoms. The number of hydrogen-bond donors (Lipinski definition) is 2. The van der Waals surface area contributed by atoms with Crippen molar-refractivity contribution in [1.82, 2.24) is 4.90 Å². The fourth-order valence-corrected chi connectivity index (χ4v) is 3.16. The van der Waals surface area contributed by atoms with Crippen LogP contribution in [-0.2, 0) is 0 Å². The highest BCUT2D eigenvalue weighted by molar-refractivity contribution is 6.00. The summed E-state index contributed by atoms with van der Waals surface area (Å²) in [5, 5.41) is 12.4. The Bertz CT molecular complexity index is 482. The zero-order valence-corrected chi connectivity index (χ0v) is 13.1. The number of nitrogens with zero attached hydrogens (tertiary/aromatic N) is 1. The van der Waals surface area contributed by atoms with Crippen LogP contribution in [0.1, 0.15) is 48.0 Å². The van der Waals surface area contributed by atoms with Gasteiger partial charge in [-0.05, 0) is 37.5 Å². The van der Waals surface area contributed by atoms with E-state index in [-0.39, 0.29) is 18.6 Å². The maximum Gasteiger partial charge on any atom is 0.256 e. The molecule has 116 valence electrons. The molecule has 1 amide bonds. The monoisotopic (exact) mass is 290 g/mol. The Kier molecular flexibility index (Phi) is 5.62. The minimum atomic E-state index is 0.0169. The number of carbonyl (C=O) groups excluding carboxylic acids is 1. The molecule has 1 fully saturated rings. The van der Waals surface area contributed by atoms with Gasteiger partial charge >= 0.3 is 0 Å². The maximum atomic E-state index is 12.9. The molecule has 1 saturated carbocycles. The van der Waals surface area contributed by atoms with Crippen LogP contribution in [0.5, 0.6) is 0 Å². The summed E-state index contributed by atoms with van der Waals surface area (Å²) in [4.78, 5) is 14.8. The number of aliphatic hydroxyl groups excluding tert-OH is 1. The number of rotatable bonds is 5. The first-order valence-electron chi connectivity index (χ1n) is 7.87. The molecule has 0 aromatic heterocycles. The van der Waals surface area contributed by atoms with Gasteiger partial charge in [-0.3, -0.25) is 4.79 Å². The highest BCUT2D eigenvalue weighted by Crippen LogP contribution is 2.26. The molecule has 0 bridgehead atoms. The molecule has 0 atom stereocenters. The van der Waals surface area contributed by atoms with Crippen LogP contribution < -0.4 is 5.32 Å². The average Bonchev–Trinajstić information content (AvgIpc) is 2.52. The molecule has 2 rings (SSSR count). The zero-order valence-electron chi connectivity index (χ0n) is 13.1. The zero-order chi connectivity index (χ0) is 15.2. The number of nitrogens with one attached hydrogen (secondary N) is 1. The number of benzene rings is 1. The number of hydrogen-bond acceptors (Lipinski definition) is 3. The second-order valence-electron chi connectivity index (χ2n) is 5.81. The van der Waals surface area contributed by atoms with E-state index in [2.05, 4.69) is 5.32 Å². The highest BCUT2D eigenvalue weighted by atomic mass is 16.3. The van der Waals surface area contributed by atoms with Gasteiger partial charge in [-0.15, -0.1) is 0 Å². The summed E-state index contributed by atoms with van der Waals surface area (Å²) in [5.41, 5.74) is 2.68. The molecule has 4 heteroatoms. The number of aryl methyl sites for hydroxylation is 1. The van der Waals surface area contributed by atoms with Gasteiger partial charge in [0.1, 0.15) is 0 Å². The van der Waals surface area contributed by atoms with Crippen LogP contribution in [0.4, 0.5) is 5.69 Å². The number of carbonyl (C=O) groups is 1. The van der Waals surface area contributed by atoms with E-state index < -0.39 is 0 Å². The van der Waals surface area contributed by atoms with Crippen LogP contribution in [0.25, 0.3) is 0 Å². The van der Waals surface area contributed by atoms with Crippen molar-refractivity contribution in [1.29, 1.82) is 0 Å². The predicted molar refractivity (Wildman–Crippen MR) is 85.7 cm³/mol. The van der Waals surface area contributed by atoms with Crippen LogP contribution in [0.2, 0.25) is 0 Å². The maximum absolute atomic E-state index is 12.9. The molecule has 2 N–H and O–H groups in total. The van der Waals surface area contributed by atoms with Gasteiger partial charge in [0, 0.05) is 25.3 Å². The summed E-state index contributed by atoms with van der Waals surface area (Å²) in [5.74, 6) is 0.0281. The molecule has 1 aromatic rings. The molecular weight excluding hydrogens is 264 g/mol. The third-order valence-corrected chi connectivity index (χ3v) is 4.29. The van der Waals surface area contributed by atoms with Crippen molar-refractivity contribution in [2.45, 2.75) is 45.1 Å². The first-order valence-corrected chi connectivity index (χ1v) is 7.87. The van der Waals surface area contributed by atoms with E-state index in [0.717, 1.165) is 24.1 Å². The van der Waals surface area contributed by atoms with Crippen molar-refractivity contribution >= 4 is 11.6 Å². The van der Waals surface area contributed by atoms with Crippen molar-refractivity contribution < 1.29 is 9.90 Å². The molecule has 0 unspecified atom stereocenters. The molecule has 0 radical (unpaired) electrons. The minimum absolute atomic E-state index is 0.0169. The molecule has 4 nitrogen and oxygen atoms in total. The van der Waals surface area contributed by atoms with Crippen molar-refractivity contribution in [2.75, 3.05) is 25.5 Å². The van der Waals surface area contributed by atoms with Gasteiger partial charge in [0.05, 0.1) is 12.2 Å². The molecule has 21 heavy (non-hydrogen) atoms. The van der Waals surface area contributed by atoms with Gasteiger partial charge < -0.3 is 15.3 Å². The number of amides is 1. The number of anilines is 1. The Balaban J connectivity index is 2.25. The summed E-state index contributed by atoms with van der Waals surface area (Å²) in [6, 6.07) is 6.11. The fourth-order valence-electron chi connectivity index (χ4n) is 3.16. The summed E-state index contributed by atoms with van der Waals surface area (Å²) in [6.45, 7) is 2.45. The summed E-state index contributed by atoms with van der Waals surface area (Å²) in [7, 11) is 1.84. The van der Waals surface area contributed by atoms with E-state index in [1.807, 2.05) is 37.1 Å². The van der Waals surface area contributed by atoms with E-state index in [0.29, 0.717) is 12.1 Å². The van der Waals surface area contributed by atoms with Crippen LogP contribution in [0, 0.1) is 6.92 Å². The Hall–Kier alpha value is -1.55. The van der Waals surface area contributed by atoms with Crippen LogP contribution in [0.15, 0.2) is 18.2 Å². The molecule has 0 saturated heterocycles. The third kappa shape index (κ3) is 3.76. The lowest BCUT2D eigenvalue weighted by atomic mass is 9.93. The molecule has 0 heterocycles. The van der Waals surface area contributed by atoms with Crippen molar-refractivity contribution in [3.05, 3.63) is 29.3 Å². The minimum Gasteiger partial charge on any atom is -0.395 e. The molecule has 1 aromatic carbocycles. The lowest BCUT2D eigenvalue weighted by molar-refractivity contribution is 0.0586. The van der Waals surface area contributed by atoms with Gasteiger partial charge in [0.15, 0.2) is 0 Å². The Morgan fingerprint density at radius 2 is 2.05 bits per heavy atom. The quantitative estimate of drug-likeness (QED) is 0.876. The van der Waals surface area contributed by atoms with Crippen molar-refractivity contribution in [2.24, 2.45) is 0 Å². The second-order valence-corrected chi connectivity index (χ2v) is 5.81. The molecule has 1 aliphatic carbocycles. The standard InChI is InChI=1S/C17H26N2O2/c1-13-8-9-15(16(12-13)18-2)17(21)19(10-11-20)14-6-4-3-5-7-14/h8-9,12,14,18,20H,3-7,10-11H2,1-2H3. The Labute approximate surface area is 127 Å². The van der Waals surface area contributed by atoms with E-state index in [1.165, 1.54) is 19.3 Å². The SMILES string of the molecule is CNc1cc(C)ccc1C(=O)N(CCO)C1CCCCC1. The van der Waals surface area contributed by atoms with Gasteiger partial charge in [-0.25, -0.2) is 0 Å².